The van der Waals surface area contributed by atoms with Crippen molar-refractivity contribution >= 4 is 23.4 Å². The molecule has 0 amide bonds. The number of aliphatic hydroxyl groups is 3. The summed E-state index contributed by atoms with van der Waals surface area (Å²) in [6, 6.07) is 0. The van der Waals surface area contributed by atoms with E-state index in [1.165, 1.54) is 0 Å². The van der Waals surface area contributed by atoms with Gasteiger partial charge in [-0.05, 0) is 0 Å². The monoisotopic (exact) mass is 294 g/mol. The van der Waals surface area contributed by atoms with Crippen molar-refractivity contribution in [2.75, 3.05) is 6.61 Å². The van der Waals surface area contributed by atoms with Crippen LogP contribution in [0.3, 0.4) is 0 Å². The molecule has 1 aromatic rings. The highest BCUT2D eigenvalue weighted by atomic mass is 35.5. The molecule has 2 rings (SSSR count). The lowest BCUT2D eigenvalue weighted by molar-refractivity contribution is 0.0101. The molecular formula is C9H11ClN2O5S. The Balaban J connectivity index is 2.42. The van der Waals surface area contributed by atoms with E-state index in [4.69, 9.17) is 16.7 Å². The zero-order valence-electron chi connectivity index (χ0n) is 8.99. The molecule has 4 N–H and O–H groups in total. The van der Waals surface area contributed by atoms with Crippen LogP contribution >= 0.6 is 23.4 Å². The van der Waals surface area contributed by atoms with Gasteiger partial charge in [-0.3, -0.25) is 14.3 Å². The van der Waals surface area contributed by atoms with Gasteiger partial charge in [0.25, 0.3) is 5.56 Å². The molecule has 0 aliphatic carbocycles. The van der Waals surface area contributed by atoms with Crippen LogP contribution in [0.2, 0.25) is 5.02 Å². The fourth-order valence-electron chi connectivity index (χ4n) is 1.76. The molecule has 18 heavy (non-hydrogen) atoms. The molecule has 1 aliphatic heterocycles. The first kappa shape index (κ1) is 13.6. The van der Waals surface area contributed by atoms with Gasteiger partial charge in [-0.2, -0.15) is 0 Å². The summed E-state index contributed by atoms with van der Waals surface area (Å²) in [5.41, 5.74) is -1.44. The molecule has 100 valence electrons. The van der Waals surface area contributed by atoms with Crippen molar-refractivity contribution in [3.05, 3.63) is 32.1 Å². The van der Waals surface area contributed by atoms with Crippen LogP contribution in [-0.2, 0) is 0 Å². The van der Waals surface area contributed by atoms with Crippen LogP contribution < -0.4 is 11.2 Å². The number of thioether (sulfide) groups is 1. The molecule has 9 heteroatoms. The summed E-state index contributed by atoms with van der Waals surface area (Å²) in [5.74, 6) is 0. The van der Waals surface area contributed by atoms with Crippen LogP contribution in [0.4, 0.5) is 0 Å². The summed E-state index contributed by atoms with van der Waals surface area (Å²) >= 11 is 6.65. The third kappa shape index (κ3) is 2.21. The second kappa shape index (κ2) is 5.06. The van der Waals surface area contributed by atoms with Crippen LogP contribution in [-0.4, -0.2) is 48.9 Å². The second-order valence-electron chi connectivity index (χ2n) is 3.87. The number of aromatic amines is 1. The highest BCUT2D eigenvalue weighted by molar-refractivity contribution is 8.00. The van der Waals surface area contributed by atoms with Gasteiger partial charge in [0.05, 0.1) is 18.0 Å². The molecule has 0 radical (unpaired) electrons. The maximum Gasteiger partial charge on any atom is 0.329 e. The minimum absolute atomic E-state index is 0.190. The van der Waals surface area contributed by atoms with Crippen LogP contribution in [0, 0.1) is 0 Å². The van der Waals surface area contributed by atoms with Crippen LogP contribution in [0.1, 0.15) is 5.37 Å². The summed E-state index contributed by atoms with van der Waals surface area (Å²) in [5, 5.41) is 26.9. The average Bonchev–Trinajstić information content (AvgIpc) is 2.61. The standard InChI is InChI=1S/C9H11ClN2O5S/c10-3-1-12(9(17)11-7(3)16)8-6(15)5(14)4(2-13)18-8/h1,4-6,8,13-15H,2H2,(H,11,16,17)/t4-,5-,6-,8+/m1/s1. The first-order chi connectivity index (χ1) is 8.45. The molecule has 1 aliphatic rings. The number of aromatic nitrogens is 2. The Bertz CT molecular complexity index is 559. The molecule has 0 bridgehead atoms. The average molecular weight is 295 g/mol. The molecule has 7 nitrogen and oxygen atoms in total. The Labute approximate surface area is 110 Å². The maximum absolute atomic E-state index is 11.6. The number of hydrogen-bond donors (Lipinski definition) is 4. The van der Waals surface area contributed by atoms with Crippen molar-refractivity contribution in [1.82, 2.24) is 9.55 Å². The molecule has 1 fully saturated rings. The highest BCUT2D eigenvalue weighted by Crippen LogP contribution is 2.40. The van der Waals surface area contributed by atoms with Gasteiger partial charge >= 0.3 is 5.69 Å². The molecule has 0 spiro atoms. The van der Waals surface area contributed by atoms with Crippen LogP contribution in [0.5, 0.6) is 0 Å². The Morgan fingerprint density at radius 2 is 2.06 bits per heavy atom. The molecule has 2 heterocycles. The quantitative estimate of drug-likeness (QED) is 0.529. The van der Waals surface area contributed by atoms with E-state index in [0.29, 0.717) is 0 Å². The topological polar surface area (TPSA) is 116 Å². The van der Waals surface area contributed by atoms with Crippen LogP contribution in [0.25, 0.3) is 0 Å². The van der Waals surface area contributed by atoms with Crippen molar-refractivity contribution in [3.63, 3.8) is 0 Å². The Hall–Kier alpha value is -0.800. The molecule has 0 unspecified atom stereocenters. The van der Waals surface area contributed by atoms with E-state index in [9.17, 15) is 19.8 Å². The number of nitrogens with zero attached hydrogens (tertiary/aromatic N) is 1. The van der Waals surface area contributed by atoms with Crippen LogP contribution in [0.15, 0.2) is 15.8 Å². The maximum atomic E-state index is 11.6. The van der Waals surface area contributed by atoms with Gasteiger partial charge < -0.3 is 15.3 Å². The number of rotatable bonds is 2. The highest BCUT2D eigenvalue weighted by Gasteiger charge is 2.43. The lowest BCUT2D eigenvalue weighted by atomic mass is 10.1. The molecular weight excluding hydrogens is 284 g/mol. The van der Waals surface area contributed by atoms with Crippen molar-refractivity contribution < 1.29 is 15.3 Å². The Morgan fingerprint density at radius 3 is 2.61 bits per heavy atom. The summed E-state index contributed by atoms with van der Waals surface area (Å²) < 4.78 is 1.04. The van der Waals surface area contributed by atoms with Gasteiger partial charge in [0, 0.05) is 6.20 Å². The summed E-state index contributed by atoms with van der Waals surface area (Å²) in [6.07, 6.45) is -1.27. The van der Waals surface area contributed by atoms with E-state index in [1.54, 1.807) is 0 Å². The van der Waals surface area contributed by atoms with Gasteiger partial charge in [-0.25, -0.2) is 4.79 Å². The number of H-pyrrole nitrogens is 1. The SMILES string of the molecule is O=c1[nH]c(=O)n([C@H]2S[C@H](CO)[C@@H](O)[C@H]2O)cc1Cl. The zero-order chi connectivity index (χ0) is 13.4. The predicted molar refractivity (Wildman–Crippen MR) is 65.8 cm³/mol. The molecule has 0 aromatic carbocycles. The van der Waals surface area contributed by atoms with Gasteiger partial charge in [-0.15, -0.1) is 11.8 Å². The first-order valence-corrected chi connectivity index (χ1v) is 6.41. The van der Waals surface area contributed by atoms with E-state index < -0.39 is 34.1 Å². The smallest absolute Gasteiger partial charge is 0.329 e. The van der Waals surface area contributed by atoms with Gasteiger partial charge in [0.1, 0.15) is 16.5 Å². The van der Waals surface area contributed by atoms with Crippen molar-refractivity contribution in [3.8, 4) is 0 Å². The third-order valence-electron chi connectivity index (χ3n) is 2.72. The predicted octanol–water partition coefficient (Wildman–Crippen LogP) is -1.48. The lowest BCUT2D eigenvalue weighted by Gasteiger charge is -2.17. The number of hydrogen-bond acceptors (Lipinski definition) is 6. The third-order valence-corrected chi connectivity index (χ3v) is 4.55. The number of halogens is 1. The Kier molecular flexibility index (Phi) is 3.83. The number of aliphatic hydroxyl groups excluding tert-OH is 3. The fourth-order valence-corrected chi connectivity index (χ4v) is 3.29. The van der Waals surface area contributed by atoms with Gasteiger partial charge in [-0.1, -0.05) is 11.6 Å². The molecule has 0 saturated carbocycles. The zero-order valence-corrected chi connectivity index (χ0v) is 10.6. The second-order valence-corrected chi connectivity index (χ2v) is 5.64. The summed E-state index contributed by atoms with van der Waals surface area (Å²) in [4.78, 5) is 24.7. The van der Waals surface area contributed by atoms with Crippen molar-refractivity contribution in [2.45, 2.75) is 22.8 Å². The largest absolute Gasteiger partial charge is 0.395 e. The van der Waals surface area contributed by atoms with E-state index >= 15 is 0 Å². The number of nitrogens with one attached hydrogen (secondary N) is 1. The van der Waals surface area contributed by atoms with Gasteiger partial charge in [0.15, 0.2) is 0 Å². The van der Waals surface area contributed by atoms with E-state index in [0.717, 1.165) is 22.5 Å². The fraction of sp³-hybridized carbons (Fsp3) is 0.556. The van der Waals surface area contributed by atoms with Crippen molar-refractivity contribution in [2.24, 2.45) is 0 Å². The van der Waals surface area contributed by atoms with E-state index in [-0.39, 0.29) is 11.6 Å². The van der Waals surface area contributed by atoms with E-state index in [1.807, 2.05) is 4.98 Å². The minimum Gasteiger partial charge on any atom is -0.395 e. The Morgan fingerprint density at radius 1 is 1.39 bits per heavy atom. The normalized spacial score (nSPS) is 31.8. The lowest BCUT2D eigenvalue weighted by Crippen LogP contribution is -2.37. The van der Waals surface area contributed by atoms with Gasteiger partial charge in [0.2, 0.25) is 0 Å². The molecule has 1 saturated heterocycles. The summed E-state index contributed by atoms with van der Waals surface area (Å²) in [7, 11) is 0. The van der Waals surface area contributed by atoms with E-state index in [2.05, 4.69) is 0 Å². The molecule has 4 atom stereocenters. The summed E-state index contributed by atoms with van der Waals surface area (Å²) in [6.45, 7) is -0.328. The van der Waals surface area contributed by atoms with Crippen molar-refractivity contribution in [1.29, 1.82) is 0 Å². The minimum atomic E-state index is -1.23. The first-order valence-electron chi connectivity index (χ1n) is 5.09. The molecule has 1 aromatic heterocycles.